The van der Waals surface area contributed by atoms with E-state index in [-0.39, 0.29) is 0 Å². The van der Waals surface area contributed by atoms with Crippen molar-refractivity contribution < 1.29 is 13.6 Å². The van der Waals surface area contributed by atoms with E-state index >= 15 is 0 Å². The van der Waals surface area contributed by atoms with Gasteiger partial charge in [0.05, 0.1) is 12.8 Å². The molecule has 0 heterocycles. The second-order valence-corrected chi connectivity index (χ2v) is 6.68. The summed E-state index contributed by atoms with van der Waals surface area (Å²) in [5.41, 5.74) is 0. The van der Waals surface area contributed by atoms with E-state index in [2.05, 4.69) is 22.9 Å². The van der Waals surface area contributed by atoms with Gasteiger partial charge in [-0.15, -0.1) is 0 Å². The number of hydrogen-bond donors (Lipinski definition) is 0. The molecule has 1 aromatic rings. The summed E-state index contributed by atoms with van der Waals surface area (Å²) in [6.45, 7) is 4.27. The lowest BCUT2D eigenvalue weighted by molar-refractivity contribution is 0.278. The smallest absolute Gasteiger partial charge is 0.379 e. The van der Waals surface area contributed by atoms with Crippen molar-refractivity contribution in [3.63, 3.8) is 0 Å². The minimum Gasteiger partial charge on any atom is -0.424 e. The highest BCUT2D eigenvalue weighted by molar-refractivity contribution is 9.10. The lowest BCUT2D eigenvalue weighted by Crippen LogP contribution is -2.02. The lowest BCUT2D eigenvalue weighted by Gasteiger charge is -2.18. The molecule has 0 N–H and O–H groups in total. The first-order valence-electron chi connectivity index (χ1n) is 5.78. The van der Waals surface area contributed by atoms with Crippen LogP contribution >= 0.6 is 23.5 Å². The third-order valence-electron chi connectivity index (χ3n) is 2.17. The first-order chi connectivity index (χ1) is 8.09. The van der Waals surface area contributed by atoms with Crippen LogP contribution in [0.5, 0.6) is 5.75 Å². The van der Waals surface area contributed by atoms with Gasteiger partial charge in [0.2, 0.25) is 0 Å². The summed E-state index contributed by atoms with van der Waals surface area (Å²) >= 11 is 3.34. The van der Waals surface area contributed by atoms with Crippen molar-refractivity contribution in [1.82, 2.24) is 0 Å². The molecule has 0 radical (unpaired) electrons. The van der Waals surface area contributed by atoms with Gasteiger partial charge in [-0.3, -0.25) is 0 Å². The zero-order valence-corrected chi connectivity index (χ0v) is 12.7. The SMILES string of the molecule is CCCCP(=O)(OCC)Oc1ccc(Br)cc1. The third-order valence-corrected chi connectivity index (χ3v) is 4.70. The van der Waals surface area contributed by atoms with Crippen molar-refractivity contribution >= 4 is 23.5 Å². The zero-order chi connectivity index (χ0) is 12.7. The Labute approximate surface area is 111 Å². The van der Waals surface area contributed by atoms with Crippen LogP contribution < -0.4 is 4.52 Å². The lowest BCUT2D eigenvalue weighted by atomic mass is 10.3. The van der Waals surface area contributed by atoms with Gasteiger partial charge < -0.3 is 9.05 Å². The van der Waals surface area contributed by atoms with Gasteiger partial charge in [0.15, 0.2) is 0 Å². The molecule has 0 aromatic heterocycles. The number of halogens is 1. The standard InChI is InChI=1S/C12H18BrO3P/c1-3-5-10-17(14,15-4-2)16-12-8-6-11(13)7-9-12/h6-9H,3-5,10H2,1-2H3. The minimum atomic E-state index is -2.99. The molecule has 0 aliphatic heterocycles. The summed E-state index contributed by atoms with van der Waals surface area (Å²) in [5.74, 6) is 0.584. The molecular formula is C12H18BrO3P. The molecule has 1 aromatic carbocycles. The summed E-state index contributed by atoms with van der Waals surface area (Å²) in [7, 11) is -2.99. The number of rotatable bonds is 7. The number of benzene rings is 1. The first kappa shape index (κ1) is 14.7. The summed E-state index contributed by atoms with van der Waals surface area (Å²) in [6.07, 6.45) is 2.28. The molecule has 3 nitrogen and oxygen atoms in total. The van der Waals surface area contributed by atoms with Gasteiger partial charge in [-0.2, -0.15) is 0 Å². The topological polar surface area (TPSA) is 35.5 Å². The molecule has 0 bridgehead atoms. The maximum atomic E-state index is 12.4. The highest BCUT2D eigenvalue weighted by Gasteiger charge is 2.24. The van der Waals surface area contributed by atoms with Gasteiger partial charge >= 0.3 is 7.60 Å². The molecule has 0 fully saturated rings. The normalized spacial score (nSPS) is 14.3. The Morgan fingerprint density at radius 1 is 1.24 bits per heavy atom. The fourth-order valence-corrected chi connectivity index (χ4v) is 3.42. The molecule has 0 saturated carbocycles. The Morgan fingerprint density at radius 3 is 2.41 bits per heavy atom. The predicted octanol–water partition coefficient (Wildman–Crippen LogP) is 4.86. The Morgan fingerprint density at radius 2 is 1.88 bits per heavy atom. The molecule has 0 aliphatic rings. The van der Waals surface area contributed by atoms with Crippen molar-refractivity contribution in [3.05, 3.63) is 28.7 Å². The van der Waals surface area contributed by atoms with E-state index in [1.165, 1.54) is 0 Å². The van der Waals surface area contributed by atoms with Crippen molar-refractivity contribution in [2.24, 2.45) is 0 Å². The quantitative estimate of drug-likeness (QED) is 0.673. The molecule has 17 heavy (non-hydrogen) atoms. The molecule has 1 unspecified atom stereocenters. The van der Waals surface area contributed by atoms with E-state index in [0.717, 1.165) is 17.3 Å². The average Bonchev–Trinajstić information content (AvgIpc) is 2.30. The van der Waals surface area contributed by atoms with E-state index in [4.69, 9.17) is 9.05 Å². The van der Waals surface area contributed by atoms with E-state index in [1.54, 1.807) is 12.1 Å². The Kier molecular flexibility index (Phi) is 6.24. The van der Waals surface area contributed by atoms with Gasteiger partial charge in [0.25, 0.3) is 0 Å². The average molecular weight is 321 g/mol. The fraction of sp³-hybridized carbons (Fsp3) is 0.500. The molecule has 1 atom stereocenters. The minimum absolute atomic E-state index is 0.400. The third kappa shape index (κ3) is 5.24. The van der Waals surface area contributed by atoms with E-state index in [9.17, 15) is 4.57 Å². The van der Waals surface area contributed by atoms with E-state index < -0.39 is 7.60 Å². The van der Waals surface area contributed by atoms with Crippen LogP contribution in [0.2, 0.25) is 0 Å². The Bertz CT molecular complexity index is 378. The van der Waals surface area contributed by atoms with Crippen molar-refractivity contribution in [1.29, 1.82) is 0 Å². The molecule has 1 rings (SSSR count). The van der Waals surface area contributed by atoms with Crippen LogP contribution in [0, 0.1) is 0 Å². The second kappa shape index (κ2) is 7.20. The van der Waals surface area contributed by atoms with Gasteiger partial charge in [-0.25, -0.2) is 4.57 Å². The summed E-state index contributed by atoms with van der Waals surface area (Å²) in [4.78, 5) is 0. The predicted molar refractivity (Wildman–Crippen MR) is 73.8 cm³/mol. The maximum absolute atomic E-state index is 12.4. The summed E-state index contributed by atoms with van der Waals surface area (Å²) < 4.78 is 24.1. The molecule has 0 spiro atoms. The van der Waals surface area contributed by atoms with Gasteiger partial charge in [0.1, 0.15) is 5.75 Å². The first-order valence-corrected chi connectivity index (χ1v) is 8.30. The zero-order valence-electron chi connectivity index (χ0n) is 10.2. The van der Waals surface area contributed by atoms with Crippen molar-refractivity contribution in [3.8, 4) is 5.75 Å². The van der Waals surface area contributed by atoms with Gasteiger partial charge in [-0.05, 0) is 37.6 Å². The number of hydrogen-bond acceptors (Lipinski definition) is 3. The fourth-order valence-electron chi connectivity index (χ4n) is 1.34. The van der Waals surface area contributed by atoms with E-state index in [0.29, 0.717) is 18.5 Å². The van der Waals surface area contributed by atoms with Crippen LogP contribution in [-0.2, 0) is 9.09 Å². The van der Waals surface area contributed by atoms with Crippen LogP contribution in [0.4, 0.5) is 0 Å². The van der Waals surface area contributed by atoms with Crippen LogP contribution in [0.25, 0.3) is 0 Å². The molecule has 5 heteroatoms. The molecule has 0 amide bonds. The highest BCUT2D eigenvalue weighted by atomic mass is 79.9. The van der Waals surface area contributed by atoms with Gasteiger partial charge in [-0.1, -0.05) is 29.3 Å². The largest absolute Gasteiger partial charge is 0.424 e. The monoisotopic (exact) mass is 320 g/mol. The number of unbranched alkanes of at least 4 members (excludes halogenated alkanes) is 1. The van der Waals surface area contributed by atoms with E-state index in [1.807, 2.05) is 19.1 Å². The van der Waals surface area contributed by atoms with Crippen molar-refractivity contribution in [2.45, 2.75) is 26.7 Å². The molecular weight excluding hydrogens is 303 g/mol. The van der Waals surface area contributed by atoms with Crippen LogP contribution in [0.3, 0.4) is 0 Å². The van der Waals surface area contributed by atoms with Crippen molar-refractivity contribution in [2.75, 3.05) is 12.8 Å². The molecule has 0 aliphatic carbocycles. The summed E-state index contributed by atoms with van der Waals surface area (Å²) in [5, 5.41) is 0. The molecule has 96 valence electrons. The maximum Gasteiger partial charge on any atom is 0.379 e. The summed E-state index contributed by atoms with van der Waals surface area (Å²) in [6, 6.07) is 7.26. The molecule has 0 saturated heterocycles. The van der Waals surface area contributed by atoms with Crippen LogP contribution in [0.15, 0.2) is 28.7 Å². The Hall–Kier alpha value is -0.310. The highest BCUT2D eigenvalue weighted by Crippen LogP contribution is 2.49. The Balaban J connectivity index is 2.71. The second-order valence-electron chi connectivity index (χ2n) is 3.65. The van der Waals surface area contributed by atoms with Crippen LogP contribution in [0.1, 0.15) is 26.7 Å². The van der Waals surface area contributed by atoms with Gasteiger partial charge in [0, 0.05) is 4.47 Å². The van der Waals surface area contributed by atoms with Crippen LogP contribution in [-0.4, -0.2) is 12.8 Å².